The van der Waals surface area contributed by atoms with Gasteiger partial charge in [-0.25, -0.2) is 0 Å². The van der Waals surface area contributed by atoms with Crippen molar-refractivity contribution in [2.24, 2.45) is 16.3 Å². The van der Waals surface area contributed by atoms with Crippen molar-refractivity contribution in [2.75, 3.05) is 13.7 Å². The first-order valence-electron chi connectivity index (χ1n) is 7.46. The summed E-state index contributed by atoms with van der Waals surface area (Å²) in [5.41, 5.74) is 0.0853. The number of guanidine groups is 1. The van der Waals surface area contributed by atoms with E-state index in [-0.39, 0.29) is 11.0 Å². The highest BCUT2D eigenvalue weighted by molar-refractivity contribution is 5.81. The molecule has 0 aromatic carbocycles. The summed E-state index contributed by atoms with van der Waals surface area (Å²) >= 11 is 0. The molecule has 110 valence electrons. The number of hydrogen-bond acceptors (Lipinski definition) is 2. The van der Waals surface area contributed by atoms with Crippen LogP contribution in [0.3, 0.4) is 0 Å². The SMILES string of the molecule is CCN=C(NC1CC1C)NC1CC(C)(OC)C1(C)C. The summed E-state index contributed by atoms with van der Waals surface area (Å²) in [7, 11) is 1.81. The molecule has 2 aliphatic carbocycles. The lowest BCUT2D eigenvalue weighted by atomic mass is 9.56. The Kier molecular flexibility index (Phi) is 3.83. The van der Waals surface area contributed by atoms with Gasteiger partial charge in [-0.15, -0.1) is 0 Å². The predicted molar refractivity (Wildman–Crippen MR) is 79.4 cm³/mol. The molecule has 4 unspecified atom stereocenters. The maximum absolute atomic E-state index is 5.67. The highest BCUT2D eigenvalue weighted by Crippen LogP contribution is 2.51. The Morgan fingerprint density at radius 2 is 1.95 bits per heavy atom. The molecule has 2 fully saturated rings. The Labute approximate surface area is 117 Å². The van der Waals surface area contributed by atoms with E-state index >= 15 is 0 Å². The Hall–Kier alpha value is -0.770. The minimum absolute atomic E-state index is 0.0329. The Balaban J connectivity index is 1.94. The van der Waals surface area contributed by atoms with Gasteiger partial charge < -0.3 is 15.4 Å². The van der Waals surface area contributed by atoms with Crippen LogP contribution >= 0.6 is 0 Å². The smallest absolute Gasteiger partial charge is 0.191 e. The third-order valence-corrected chi connectivity index (χ3v) is 5.34. The lowest BCUT2D eigenvalue weighted by molar-refractivity contribution is -0.176. The molecule has 0 amide bonds. The van der Waals surface area contributed by atoms with Gasteiger partial charge in [0.2, 0.25) is 0 Å². The summed E-state index contributed by atoms with van der Waals surface area (Å²) in [6, 6.07) is 1.03. The fourth-order valence-corrected chi connectivity index (χ4v) is 2.88. The summed E-state index contributed by atoms with van der Waals surface area (Å²) in [6.45, 7) is 11.9. The first-order valence-corrected chi connectivity index (χ1v) is 7.46. The lowest BCUT2D eigenvalue weighted by Crippen LogP contribution is -2.69. The van der Waals surface area contributed by atoms with E-state index < -0.39 is 0 Å². The quantitative estimate of drug-likeness (QED) is 0.606. The van der Waals surface area contributed by atoms with Crippen LogP contribution in [0.1, 0.15) is 47.5 Å². The molecule has 2 rings (SSSR count). The van der Waals surface area contributed by atoms with E-state index in [4.69, 9.17) is 4.74 Å². The van der Waals surface area contributed by atoms with Gasteiger partial charge in [-0.2, -0.15) is 0 Å². The van der Waals surface area contributed by atoms with Gasteiger partial charge in [0.25, 0.3) is 0 Å². The maximum atomic E-state index is 5.67. The zero-order chi connectivity index (χ0) is 14.3. The van der Waals surface area contributed by atoms with Gasteiger partial charge in [0.05, 0.1) is 5.60 Å². The highest BCUT2D eigenvalue weighted by atomic mass is 16.5. The van der Waals surface area contributed by atoms with Gasteiger partial charge in [0.1, 0.15) is 0 Å². The molecule has 0 aromatic rings. The van der Waals surface area contributed by atoms with E-state index in [0.29, 0.717) is 12.1 Å². The van der Waals surface area contributed by atoms with Crippen LogP contribution in [0.5, 0.6) is 0 Å². The lowest BCUT2D eigenvalue weighted by Gasteiger charge is -2.59. The van der Waals surface area contributed by atoms with Gasteiger partial charge in [-0.3, -0.25) is 4.99 Å². The Morgan fingerprint density at radius 3 is 2.37 bits per heavy atom. The van der Waals surface area contributed by atoms with Crippen LogP contribution in [0.2, 0.25) is 0 Å². The van der Waals surface area contributed by atoms with Crippen LogP contribution in [0.25, 0.3) is 0 Å². The molecule has 4 nitrogen and oxygen atoms in total. The summed E-state index contributed by atoms with van der Waals surface area (Å²) in [5, 5.41) is 7.11. The van der Waals surface area contributed by atoms with Gasteiger partial charge in [0.15, 0.2) is 5.96 Å². The summed E-state index contributed by atoms with van der Waals surface area (Å²) in [6.07, 6.45) is 2.29. The second-order valence-corrected chi connectivity index (χ2v) is 6.84. The van der Waals surface area contributed by atoms with E-state index in [1.165, 1.54) is 6.42 Å². The van der Waals surface area contributed by atoms with Crippen molar-refractivity contribution in [1.82, 2.24) is 10.6 Å². The molecule has 0 aliphatic heterocycles. The first kappa shape index (κ1) is 14.6. The average Bonchev–Trinajstić information content (AvgIpc) is 3.04. The topological polar surface area (TPSA) is 45.7 Å². The monoisotopic (exact) mass is 267 g/mol. The van der Waals surface area contributed by atoms with Crippen molar-refractivity contribution in [3.63, 3.8) is 0 Å². The number of rotatable bonds is 4. The molecule has 2 N–H and O–H groups in total. The second kappa shape index (κ2) is 4.97. The molecular weight excluding hydrogens is 238 g/mol. The van der Waals surface area contributed by atoms with Crippen molar-refractivity contribution < 1.29 is 4.74 Å². The van der Waals surface area contributed by atoms with Crippen LogP contribution in [0.15, 0.2) is 4.99 Å². The third-order valence-electron chi connectivity index (χ3n) is 5.34. The molecule has 4 atom stereocenters. The van der Waals surface area contributed by atoms with Gasteiger partial charge in [-0.1, -0.05) is 20.8 Å². The fourth-order valence-electron chi connectivity index (χ4n) is 2.88. The molecule has 19 heavy (non-hydrogen) atoms. The molecule has 0 saturated heterocycles. The van der Waals surface area contributed by atoms with Gasteiger partial charge >= 0.3 is 0 Å². The van der Waals surface area contributed by atoms with E-state index in [0.717, 1.165) is 24.8 Å². The fraction of sp³-hybridized carbons (Fsp3) is 0.933. The number of nitrogens with one attached hydrogen (secondary N) is 2. The van der Waals surface area contributed by atoms with Crippen LogP contribution in [0, 0.1) is 11.3 Å². The first-order chi connectivity index (χ1) is 8.84. The summed E-state index contributed by atoms with van der Waals surface area (Å²) < 4.78 is 5.67. The number of aliphatic imine (C=N–C) groups is 1. The molecule has 2 aliphatic rings. The summed E-state index contributed by atoms with van der Waals surface area (Å²) in [4.78, 5) is 4.55. The molecular formula is C15H29N3O. The highest BCUT2D eigenvalue weighted by Gasteiger charge is 2.58. The van der Waals surface area contributed by atoms with Crippen LogP contribution in [-0.2, 0) is 4.74 Å². The van der Waals surface area contributed by atoms with E-state index in [1.54, 1.807) is 0 Å². The maximum Gasteiger partial charge on any atom is 0.191 e. The van der Waals surface area contributed by atoms with E-state index in [2.05, 4.69) is 50.2 Å². The number of methoxy groups -OCH3 is 1. The van der Waals surface area contributed by atoms with E-state index in [1.807, 2.05) is 7.11 Å². The number of nitrogens with zero attached hydrogens (tertiary/aromatic N) is 1. The largest absolute Gasteiger partial charge is 0.378 e. The minimum atomic E-state index is -0.0329. The standard InChI is InChI=1S/C15H29N3O/c1-7-16-13(17-11-8-10(11)2)18-12-9-15(5,19-6)14(12,3)4/h10-12H,7-9H2,1-6H3,(H2,16,17,18). The predicted octanol–water partition coefficient (Wildman–Crippen LogP) is 2.15. The zero-order valence-corrected chi connectivity index (χ0v) is 13.2. The van der Waals surface area contributed by atoms with Crippen LogP contribution in [0.4, 0.5) is 0 Å². The molecule has 0 heterocycles. The molecule has 0 spiro atoms. The number of ether oxygens (including phenoxy) is 1. The molecule has 2 saturated carbocycles. The number of hydrogen-bond donors (Lipinski definition) is 2. The normalized spacial score (nSPS) is 40.5. The van der Waals surface area contributed by atoms with E-state index in [9.17, 15) is 0 Å². The Morgan fingerprint density at radius 1 is 1.32 bits per heavy atom. The third kappa shape index (κ3) is 2.60. The Bertz CT molecular complexity index is 366. The summed E-state index contributed by atoms with van der Waals surface area (Å²) in [5.74, 6) is 1.75. The average molecular weight is 267 g/mol. The molecule has 4 heteroatoms. The van der Waals surface area contributed by atoms with Crippen LogP contribution < -0.4 is 10.6 Å². The van der Waals surface area contributed by atoms with Crippen molar-refractivity contribution in [3.8, 4) is 0 Å². The zero-order valence-electron chi connectivity index (χ0n) is 13.2. The van der Waals surface area contributed by atoms with Gasteiger partial charge in [-0.05, 0) is 32.6 Å². The van der Waals surface area contributed by atoms with Crippen molar-refractivity contribution in [1.29, 1.82) is 0 Å². The second-order valence-electron chi connectivity index (χ2n) is 6.84. The molecule has 0 aromatic heterocycles. The molecule has 0 radical (unpaired) electrons. The molecule has 0 bridgehead atoms. The van der Waals surface area contributed by atoms with Crippen molar-refractivity contribution in [3.05, 3.63) is 0 Å². The minimum Gasteiger partial charge on any atom is -0.378 e. The van der Waals surface area contributed by atoms with Gasteiger partial charge in [0, 0.05) is 31.2 Å². The van der Waals surface area contributed by atoms with Crippen molar-refractivity contribution >= 4 is 5.96 Å². The van der Waals surface area contributed by atoms with Crippen LogP contribution in [-0.4, -0.2) is 37.3 Å². The van der Waals surface area contributed by atoms with Crippen molar-refractivity contribution in [2.45, 2.75) is 65.1 Å².